The van der Waals surface area contributed by atoms with Crippen LogP contribution in [0.1, 0.15) is 32.3 Å². The molecule has 6 heteroatoms. The van der Waals surface area contributed by atoms with Crippen LogP contribution in [0.5, 0.6) is 0 Å². The number of rotatable bonds is 5. The van der Waals surface area contributed by atoms with Crippen molar-refractivity contribution in [2.24, 2.45) is 5.92 Å². The normalized spacial score (nSPS) is 19.2. The maximum absolute atomic E-state index is 14.7. The van der Waals surface area contributed by atoms with Crippen LogP contribution in [0.4, 0.5) is 15.9 Å². The summed E-state index contributed by atoms with van der Waals surface area (Å²) in [6.45, 7) is 10.2. The fourth-order valence-corrected chi connectivity index (χ4v) is 4.96. The van der Waals surface area contributed by atoms with Crippen molar-refractivity contribution in [3.8, 4) is 11.3 Å². The largest absolute Gasteiger partial charge is 0.371 e. The third kappa shape index (κ3) is 4.04. The van der Waals surface area contributed by atoms with Gasteiger partial charge in [0.2, 0.25) is 0 Å². The average Bonchev–Trinajstić information content (AvgIpc) is 3.33. The molecule has 2 saturated heterocycles. The molecule has 0 aliphatic carbocycles. The summed E-state index contributed by atoms with van der Waals surface area (Å²) in [5.74, 6) is 1.57. The van der Waals surface area contributed by atoms with Crippen LogP contribution in [0.3, 0.4) is 0 Å². The number of hydrogen-bond donors (Lipinski definition) is 1. The predicted octanol–water partition coefficient (Wildman–Crippen LogP) is 4.64. The molecule has 2 fully saturated rings. The summed E-state index contributed by atoms with van der Waals surface area (Å²) in [5, 5.41) is 4.29. The van der Waals surface area contributed by atoms with Gasteiger partial charge in [0.15, 0.2) is 0 Å². The first-order valence-corrected chi connectivity index (χ1v) is 12.0. The number of piperazine rings is 1. The van der Waals surface area contributed by atoms with Gasteiger partial charge in [0, 0.05) is 62.1 Å². The lowest BCUT2D eigenvalue weighted by Crippen LogP contribution is -2.43. The first-order chi connectivity index (χ1) is 15.7. The second kappa shape index (κ2) is 9.02. The van der Waals surface area contributed by atoms with Crippen LogP contribution in [-0.2, 0) is 6.42 Å². The van der Waals surface area contributed by atoms with Crippen molar-refractivity contribution in [3.05, 3.63) is 47.9 Å². The van der Waals surface area contributed by atoms with E-state index in [1.54, 1.807) is 6.07 Å². The highest BCUT2D eigenvalue weighted by Crippen LogP contribution is 2.36. The smallest absolute Gasteiger partial charge is 0.128 e. The molecule has 4 heterocycles. The second-order valence-electron chi connectivity index (χ2n) is 8.99. The van der Waals surface area contributed by atoms with E-state index in [0.29, 0.717) is 17.9 Å². The molecule has 2 aromatic heterocycles. The van der Waals surface area contributed by atoms with Gasteiger partial charge in [-0.25, -0.2) is 14.4 Å². The van der Waals surface area contributed by atoms with E-state index < -0.39 is 0 Å². The lowest BCUT2D eigenvalue weighted by atomic mass is 10.0. The zero-order chi connectivity index (χ0) is 22.1. The van der Waals surface area contributed by atoms with Crippen LogP contribution in [0.25, 0.3) is 22.2 Å². The Labute approximate surface area is 189 Å². The maximum atomic E-state index is 14.7. The van der Waals surface area contributed by atoms with E-state index in [9.17, 15) is 4.39 Å². The van der Waals surface area contributed by atoms with Crippen molar-refractivity contribution in [2.75, 3.05) is 49.1 Å². The maximum Gasteiger partial charge on any atom is 0.128 e. The van der Waals surface area contributed by atoms with E-state index in [0.717, 1.165) is 72.9 Å². The van der Waals surface area contributed by atoms with Crippen LogP contribution >= 0.6 is 0 Å². The van der Waals surface area contributed by atoms with Crippen molar-refractivity contribution in [2.45, 2.75) is 33.1 Å². The summed E-state index contributed by atoms with van der Waals surface area (Å²) in [6, 6.07) is 9.95. The van der Waals surface area contributed by atoms with Gasteiger partial charge in [-0.15, -0.1) is 0 Å². The standard InChI is InChI=1S/C26H32FN5/c1-3-18-7-10-32(17-18)25-15-23(30-24-13-19(4-2)22(27)14-21(24)25)20-5-6-26(29-16-20)31-11-8-28-9-12-31/h5-6,13-16,18,28H,3-4,7-12,17H2,1-2H3. The zero-order valence-corrected chi connectivity index (χ0v) is 19.1. The Kier molecular flexibility index (Phi) is 5.96. The molecule has 0 amide bonds. The minimum absolute atomic E-state index is 0.135. The first kappa shape index (κ1) is 21.1. The molecule has 0 spiro atoms. The highest BCUT2D eigenvalue weighted by Gasteiger charge is 2.24. The van der Waals surface area contributed by atoms with Crippen molar-refractivity contribution in [3.63, 3.8) is 0 Å². The zero-order valence-electron chi connectivity index (χ0n) is 19.1. The fourth-order valence-electron chi connectivity index (χ4n) is 4.96. The Bertz CT molecular complexity index is 1090. The summed E-state index contributed by atoms with van der Waals surface area (Å²) >= 11 is 0. The van der Waals surface area contributed by atoms with E-state index >= 15 is 0 Å². The van der Waals surface area contributed by atoms with Crippen molar-refractivity contribution in [1.29, 1.82) is 0 Å². The number of nitrogens with one attached hydrogen (secondary N) is 1. The van der Waals surface area contributed by atoms with E-state index in [2.05, 4.69) is 40.2 Å². The predicted molar refractivity (Wildman–Crippen MR) is 130 cm³/mol. The number of benzene rings is 1. The Morgan fingerprint density at radius 3 is 2.59 bits per heavy atom. The van der Waals surface area contributed by atoms with Crippen LogP contribution < -0.4 is 15.1 Å². The Morgan fingerprint density at radius 2 is 1.91 bits per heavy atom. The van der Waals surface area contributed by atoms with Crippen molar-refractivity contribution < 1.29 is 4.39 Å². The third-order valence-electron chi connectivity index (χ3n) is 7.02. The molecule has 1 aromatic carbocycles. The summed E-state index contributed by atoms with van der Waals surface area (Å²) in [6.07, 6.45) is 4.95. The second-order valence-corrected chi connectivity index (χ2v) is 8.99. The lowest BCUT2D eigenvalue weighted by molar-refractivity contribution is 0.569. The SMILES string of the molecule is CCc1cc2nc(-c3ccc(N4CCNCC4)nc3)cc(N3CCC(CC)C3)c2cc1F. The number of nitrogens with zero attached hydrogens (tertiary/aromatic N) is 4. The van der Waals surface area contributed by atoms with Gasteiger partial charge in [0.25, 0.3) is 0 Å². The van der Waals surface area contributed by atoms with Gasteiger partial charge < -0.3 is 15.1 Å². The highest BCUT2D eigenvalue weighted by molar-refractivity contribution is 5.95. The van der Waals surface area contributed by atoms with Crippen molar-refractivity contribution in [1.82, 2.24) is 15.3 Å². The minimum atomic E-state index is -0.135. The lowest BCUT2D eigenvalue weighted by Gasteiger charge is -2.28. The summed E-state index contributed by atoms with van der Waals surface area (Å²) in [4.78, 5) is 14.4. The van der Waals surface area contributed by atoms with Gasteiger partial charge >= 0.3 is 0 Å². The minimum Gasteiger partial charge on any atom is -0.371 e. The molecule has 168 valence electrons. The van der Waals surface area contributed by atoms with Gasteiger partial charge in [-0.05, 0) is 54.7 Å². The van der Waals surface area contributed by atoms with Gasteiger partial charge in [-0.2, -0.15) is 0 Å². The van der Waals surface area contributed by atoms with Crippen LogP contribution in [0.2, 0.25) is 0 Å². The molecule has 5 rings (SSSR count). The molecular weight excluding hydrogens is 401 g/mol. The number of fused-ring (bicyclic) bond motifs is 1. The molecule has 1 atom stereocenters. The molecular formula is C26H32FN5. The molecule has 0 bridgehead atoms. The monoisotopic (exact) mass is 433 g/mol. The molecule has 1 N–H and O–H groups in total. The van der Waals surface area contributed by atoms with Gasteiger partial charge in [0.1, 0.15) is 11.6 Å². The summed E-state index contributed by atoms with van der Waals surface area (Å²) < 4.78 is 14.7. The molecule has 2 aliphatic heterocycles. The molecule has 0 radical (unpaired) electrons. The molecule has 1 unspecified atom stereocenters. The van der Waals surface area contributed by atoms with E-state index in [4.69, 9.17) is 9.97 Å². The summed E-state index contributed by atoms with van der Waals surface area (Å²) in [7, 11) is 0. The van der Waals surface area contributed by atoms with E-state index in [1.165, 1.54) is 12.8 Å². The quantitative estimate of drug-likeness (QED) is 0.635. The molecule has 3 aromatic rings. The van der Waals surface area contributed by atoms with E-state index in [-0.39, 0.29) is 5.82 Å². The number of halogens is 1. The summed E-state index contributed by atoms with van der Waals surface area (Å²) in [5.41, 5.74) is 4.57. The molecule has 32 heavy (non-hydrogen) atoms. The van der Waals surface area contributed by atoms with Gasteiger partial charge in [-0.1, -0.05) is 20.3 Å². The first-order valence-electron chi connectivity index (χ1n) is 12.0. The van der Waals surface area contributed by atoms with E-state index in [1.807, 2.05) is 19.2 Å². The number of aryl methyl sites for hydroxylation is 1. The topological polar surface area (TPSA) is 44.3 Å². The van der Waals surface area contributed by atoms with Crippen LogP contribution in [-0.4, -0.2) is 49.2 Å². The molecule has 5 nitrogen and oxygen atoms in total. The van der Waals surface area contributed by atoms with Crippen molar-refractivity contribution >= 4 is 22.4 Å². The molecule has 0 saturated carbocycles. The molecule has 2 aliphatic rings. The van der Waals surface area contributed by atoms with Crippen LogP contribution in [0, 0.1) is 11.7 Å². The average molecular weight is 434 g/mol. The number of hydrogen-bond acceptors (Lipinski definition) is 5. The fraction of sp³-hybridized carbons (Fsp3) is 0.462. The highest BCUT2D eigenvalue weighted by atomic mass is 19.1. The number of pyridine rings is 2. The Balaban J connectivity index is 1.56. The van der Waals surface area contributed by atoms with Crippen LogP contribution in [0.15, 0.2) is 36.5 Å². The van der Waals surface area contributed by atoms with Gasteiger partial charge in [0.05, 0.1) is 11.2 Å². The number of aromatic nitrogens is 2. The number of anilines is 2. The van der Waals surface area contributed by atoms with Gasteiger partial charge in [-0.3, -0.25) is 0 Å². The Hall–Kier alpha value is -2.73. The Morgan fingerprint density at radius 1 is 1.06 bits per heavy atom. The third-order valence-corrected chi connectivity index (χ3v) is 7.02.